The Bertz CT molecular complexity index is 1000. The van der Waals surface area contributed by atoms with Gasteiger partial charge in [-0.1, -0.05) is 17.8 Å². The molecular weight excluding hydrogens is 438 g/mol. The molecule has 1 aromatic heterocycles. The summed E-state index contributed by atoms with van der Waals surface area (Å²) in [7, 11) is 0. The highest BCUT2D eigenvalue weighted by Crippen LogP contribution is 2.40. The number of allylic oxidation sites excluding steroid dienone is 1. The number of oxime groups is 1. The number of thioether (sulfide) groups is 1. The Morgan fingerprint density at radius 3 is 2.77 bits per heavy atom. The Morgan fingerprint density at radius 1 is 1.47 bits per heavy atom. The molecule has 2 amide bonds. The Kier molecular flexibility index (Phi) is 6.07. The fraction of sp³-hybridized carbons (Fsp3) is 0.250. The molecule has 1 fully saturated rings. The van der Waals surface area contributed by atoms with Gasteiger partial charge in [-0.2, -0.15) is 0 Å². The Morgan fingerprint density at radius 2 is 2.20 bits per heavy atom. The third-order valence-corrected chi connectivity index (χ3v) is 6.03. The highest BCUT2D eigenvalue weighted by atomic mass is 32.2. The molecule has 3 rings (SSSR count). The Labute approximate surface area is 177 Å². The number of rotatable bonds is 8. The number of hydrogen-bond donors (Lipinski definition) is 4. The summed E-state index contributed by atoms with van der Waals surface area (Å²) < 4.78 is 0. The molecule has 3 heterocycles. The quantitative estimate of drug-likeness (QED) is 0.226. The van der Waals surface area contributed by atoms with E-state index < -0.39 is 41.8 Å². The third-order valence-electron chi connectivity index (χ3n) is 4.06. The van der Waals surface area contributed by atoms with E-state index in [1.165, 1.54) is 23.2 Å². The number of thiazole rings is 1. The number of aromatic nitrogens is 1. The lowest BCUT2D eigenvalue weighted by atomic mass is 10.0. The van der Waals surface area contributed by atoms with Crippen LogP contribution in [0.3, 0.4) is 0 Å². The highest BCUT2D eigenvalue weighted by Gasteiger charge is 2.54. The summed E-state index contributed by atoms with van der Waals surface area (Å²) in [6, 6.07) is -1.01. The monoisotopic (exact) mass is 453 g/mol. The van der Waals surface area contributed by atoms with Gasteiger partial charge in [-0.05, 0) is 5.57 Å². The van der Waals surface area contributed by atoms with Crippen LogP contribution in [0.2, 0.25) is 0 Å². The molecule has 2 aliphatic rings. The molecule has 14 heteroatoms. The number of hydrogen-bond acceptors (Lipinski definition) is 10. The summed E-state index contributed by atoms with van der Waals surface area (Å²) in [6.07, 6.45) is 1.38. The minimum Gasteiger partial charge on any atom is -0.479 e. The Hall–Kier alpha value is -3.39. The predicted octanol–water partition coefficient (Wildman–Crippen LogP) is -0.545. The van der Waals surface area contributed by atoms with Gasteiger partial charge in [-0.25, -0.2) is 14.6 Å². The molecule has 0 aromatic carbocycles. The smallest absolute Gasteiger partial charge is 0.352 e. The van der Waals surface area contributed by atoms with Gasteiger partial charge < -0.3 is 26.1 Å². The van der Waals surface area contributed by atoms with Crippen molar-refractivity contribution in [3.8, 4) is 0 Å². The fourth-order valence-corrected chi connectivity index (χ4v) is 4.65. The number of β-lactam (4-membered cyclic amide) rings is 1. The largest absolute Gasteiger partial charge is 0.479 e. The van der Waals surface area contributed by atoms with Crippen LogP contribution in [0.4, 0.5) is 5.13 Å². The second-order valence-corrected chi connectivity index (χ2v) is 7.92. The molecule has 2 atom stereocenters. The molecule has 158 valence electrons. The van der Waals surface area contributed by atoms with Crippen LogP contribution in [-0.2, 0) is 24.0 Å². The number of amides is 2. The van der Waals surface area contributed by atoms with E-state index in [4.69, 9.17) is 10.8 Å². The number of nitrogen functional groups attached to an aromatic ring is 1. The van der Waals surface area contributed by atoms with Gasteiger partial charge in [0.1, 0.15) is 22.8 Å². The van der Waals surface area contributed by atoms with Crippen LogP contribution in [0, 0.1) is 0 Å². The van der Waals surface area contributed by atoms with E-state index in [1.807, 2.05) is 0 Å². The molecule has 1 saturated heterocycles. The van der Waals surface area contributed by atoms with Crippen molar-refractivity contribution < 1.29 is 34.2 Å². The molecule has 30 heavy (non-hydrogen) atoms. The summed E-state index contributed by atoms with van der Waals surface area (Å²) in [4.78, 5) is 57.1. The first-order valence-corrected chi connectivity index (χ1v) is 10.1. The van der Waals surface area contributed by atoms with Crippen molar-refractivity contribution in [3.05, 3.63) is 35.0 Å². The average molecular weight is 453 g/mol. The van der Waals surface area contributed by atoms with Gasteiger partial charge in [0, 0.05) is 11.1 Å². The lowest BCUT2D eigenvalue weighted by Crippen LogP contribution is -2.71. The number of anilines is 1. The molecule has 1 aromatic rings. The van der Waals surface area contributed by atoms with Crippen LogP contribution in [0.15, 0.2) is 34.5 Å². The van der Waals surface area contributed by atoms with Crippen molar-refractivity contribution in [2.45, 2.75) is 11.4 Å². The van der Waals surface area contributed by atoms with Gasteiger partial charge in [-0.15, -0.1) is 23.1 Å². The molecule has 5 N–H and O–H groups in total. The summed E-state index contributed by atoms with van der Waals surface area (Å²) in [5.74, 6) is -3.72. The number of nitrogens with zero attached hydrogens (tertiary/aromatic N) is 3. The van der Waals surface area contributed by atoms with Crippen molar-refractivity contribution in [3.63, 3.8) is 0 Å². The van der Waals surface area contributed by atoms with Crippen molar-refractivity contribution in [2.24, 2.45) is 5.16 Å². The van der Waals surface area contributed by atoms with E-state index in [9.17, 15) is 24.3 Å². The first-order chi connectivity index (χ1) is 14.2. The van der Waals surface area contributed by atoms with Crippen LogP contribution in [0.25, 0.3) is 0 Å². The molecule has 0 spiro atoms. The summed E-state index contributed by atoms with van der Waals surface area (Å²) in [5.41, 5.74) is 5.48. The first-order valence-electron chi connectivity index (χ1n) is 8.22. The molecule has 0 radical (unpaired) electrons. The van der Waals surface area contributed by atoms with Crippen LogP contribution in [0.5, 0.6) is 0 Å². The molecule has 2 aliphatic heterocycles. The number of nitrogens with two attached hydrogens (primary N) is 1. The zero-order valence-corrected chi connectivity index (χ0v) is 16.7. The van der Waals surface area contributed by atoms with Crippen molar-refractivity contribution >= 4 is 57.7 Å². The molecule has 0 saturated carbocycles. The molecule has 12 nitrogen and oxygen atoms in total. The topological polar surface area (TPSA) is 185 Å². The summed E-state index contributed by atoms with van der Waals surface area (Å²) in [6.45, 7) is 2.77. The molecule has 0 unspecified atom stereocenters. The fourth-order valence-electron chi connectivity index (χ4n) is 2.76. The van der Waals surface area contributed by atoms with Gasteiger partial charge in [-0.3, -0.25) is 14.5 Å². The zero-order valence-electron chi connectivity index (χ0n) is 15.1. The third kappa shape index (κ3) is 3.99. The van der Waals surface area contributed by atoms with E-state index in [1.54, 1.807) is 0 Å². The summed E-state index contributed by atoms with van der Waals surface area (Å²) in [5, 5.41) is 25.0. The van der Waals surface area contributed by atoms with E-state index in [-0.39, 0.29) is 22.2 Å². The molecule has 0 aliphatic carbocycles. The Balaban J connectivity index is 1.79. The van der Waals surface area contributed by atoms with Gasteiger partial charge in [0.05, 0.1) is 0 Å². The maximum absolute atomic E-state index is 12.7. The van der Waals surface area contributed by atoms with Crippen molar-refractivity contribution in [1.82, 2.24) is 15.2 Å². The van der Waals surface area contributed by atoms with Gasteiger partial charge >= 0.3 is 11.9 Å². The van der Waals surface area contributed by atoms with Crippen molar-refractivity contribution in [2.75, 3.05) is 18.1 Å². The standard InChI is InChI=1S/C16H15N5O7S2/c1-2-6-4-29-14-10(13(25)21(14)11(6)15(26)27)19-12(24)9(20-28-3-8(22)23)7-5-30-16(17)18-7/h2,5,10,14H,1,3-4H2,(H2,17,18)(H,19,24)(H,22,23)(H,26,27)/b20-9+/t10-,14+/m1/s1. The maximum Gasteiger partial charge on any atom is 0.352 e. The molecule has 0 bridgehead atoms. The van der Waals surface area contributed by atoms with E-state index in [0.717, 1.165) is 16.2 Å². The summed E-state index contributed by atoms with van der Waals surface area (Å²) >= 11 is 2.30. The number of aliphatic carboxylic acids is 2. The number of carbonyl (C=O) groups is 4. The number of carboxylic acid groups (broad SMARTS) is 2. The lowest BCUT2D eigenvalue weighted by molar-refractivity contribution is -0.150. The minimum absolute atomic E-state index is 0.0420. The number of fused-ring (bicyclic) bond motifs is 1. The first kappa shape index (κ1) is 21.3. The van der Waals surface area contributed by atoms with Crippen LogP contribution < -0.4 is 11.1 Å². The van der Waals surface area contributed by atoms with Crippen LogP contribution in [-0.4, -0.2) is 73.3 Å². The number of carbonyl (C=O) groups excluding carboxylic acids is 2. The van der Waals surface area contributed by atoms with Gasteiger partial charge in [0.25, 0.3) is 11.8 Å². The maximum atomic E-state index is 12.7. The number of nitrogens with one attached hydrogen (secondary N) is 1. The van der Waals surface area contributed by atoms with E-state index >= 15 is 0 Å². The average Bonchev–Trinajstić information content (AvgIpc) is 3.13. The van der Waals surface area contributed by atoms with Crippen LogP contribution in [0.1, 0.15) is 5.69 Å². The SMILES string of the molecule is C=CC1=C(C(=O)O)N2C(=O)[C@@H](NC(=O)/C(=N/OCC(=O)O)c3csc(N)n3)[C@@H]2SC1. The van der Waals surface area contributed by atoms with Gasteiger partial charge in [0.2, 0.25) is 6.61 Å². The second kappa shape index (κ2) is 8.54. The van der Waals surface area contributed by atoms with Crippen molar-refractivity contribution in [1.29, 1.82) is 0 Å². The normalized spacial score (nSPS) is 20.9. The van der Waals surface area contributed by atoms with Gasteiger partial charge in [0.15, 0.2) is 10.8 Å². The lowest BCUT2D eigenvalue weighted by Gasteiger charge is -2.49. The highest BCUT2D eigenvalue weighted by molar-refractivity contribution is 8.00. The second-order valence-electron chi connectivity index (χ2n) is 5.92. The predicted molar refractivity (Wildman–Crippen MR) is 107 cm³/mol. The van der Waals surface area contributed by atoms with E-state index in [2.05, 4.69) is 26.9 Å². The molecular formula is C16H15N5O7S2. The van der Waals surface area contributed by atoms with Crippen LogP contribution >= 0.6 is 23.1 Å². The minimum atomic E-state index is -1.30. The number of carboxylic acids is 2. The van der Waals surface area contributed by atoms with E-state index in [0.29, 0.717) is 11.3 Å². The zero-order chi connectivity index (χ0) is 22.0.